The fourth-order valence-corrected chi connectivity index (χ4v) is 6.42. The quantitative estimate of drug-likeness (QED) is 0.873. The molecule has 1 aromatic rings. The Balaban J connectivity index is 1.59. The van der Waals surface area contributed by atoms with Gasteiger partial charge in [-0.3, -0.25) is 4.90 Å². The molecule has 4 aliphatic rings. The minimum atomic E-state index is -0.729. The van der Waals surface area contributed by atoms with E-state index in [9.17, 15) is 10.2 Å². The summed E-state index contributed by atoms with van der Waals surface area (Å²) >= 11 is 0. The Labute approximate surface area is 156 Å². The summed E-state index contributed by atoms with van der Waals surface area (Å²) in [6.07, 6.45) is 7.69. The molecule has 1 aromatic carbocycles. The number of likely N-dealkylation sites (tertiary alicyclic amines) is 1. The van der Waals surface area contributed by atoms with Crippen LogP contribution in [0.4, 0.5) is 0 Å². The molecule has 142 valence electrons. The number of ether oxygens (including phenoxy) is 1. The van der Waals surface area contributed by atoms with Gasteiger partial charge in [-0.1, -0.05) is 12.5 Å². The van der Waals surface area contributed by atoms with Crippen LogP contribution in [0.5, 0.6) is 5.75 Å². The monoisotopic (exact) mass is 357 g/mol. The zero-order valence-corrected chi connectivity index (χ0v) is 15.8. The molecule has 4 heteroatoms. The average molecular weight is 357 g/mol. The van der Waals surface area contributed by atoms with Gasteiger partial charge in [-0.25, -0.2) is 0 Å². The Morgan fingerprint density at radius 1 is 1.23 bits per heavy atom. The van der Waals surface area contributed by atoms with Gasteiger partial charge in [0.15, 0.2) is 0 Å². The van der Waals surface area contributed by atoms with Crippen LogP contribution in [0.1, 0.15) is 56.1 Å². The molecule has 0 radical (unpaired) electrons. The first-order valence-electron chi connectivity index (χ1n) is 10.4. The fourth-order valence-electron chi connectivity index (χ4n) is 6.42. The third-order valence-electron chi connectivity index (χ3n) is 8.05. The number of aliphatic hydroxyl groups excluding tert-OH is 1. The number of aliphatic hydroxyl groups is 2. The number of hydrogen-bond donors (Lipinski definition) is 2. The molecule has 2 saturated carbocycles. The number of piperidine rings is 1. The minimum absolute atomic E-state index is 0.185. The molecule has 2 bridgehead atoms. The molecule has 0 spiro atoms. The maximum absolute atomic E-state index is 12.1. The highest BCUT2D eigenvalue weighted by molar-refractivity contribution is 5.48. The Kier molecular flexibility index (Phi) is 3.90. The Morgan fingerprint density at radius 3 is 2.81 bits per heavy atom. The van der Waals surface area contributed by atoms with Crippen molar-refractivity contribution in [1.82, 2.24) is 4.90 Å². The van der Waals surface area contributed by atoms with Crippen molar-refractivity contribution in [2.45, 2.75) is 74.5 Å². The summed E-state index contributed by atoms with van der Waals surface area (Å²) in [6, 6.07) is 6.56. The highest BCUT2D eigenvalue weighted by Gasteiger charge is 2.64. The molecule has 3 fully saturated rings. The first-order valence-corrected chi connectivity index (χ1v) is 10.4. The minimum Gasteiger partial charge on any atom is -0.497 e. The lowest BCUT2D eigenvalue weighted by atomic mass is 9.49. The number of methoxy groups -OCH3 is 1. The summed E-state index contributed by atoms with van der Waals surface area (Å²) in [5.74, 6) is 1.67. The Morgan fingerprint density at radius 2 is 2.08 bits per heavy atom. The van der Waals surface area contributed by atoms with Gasteiger partial charge in [-0.15, -0.1) is 0 Å². The van der Waals surface area contributed by atoms with Crippen LogP contribution in [-0.2, 0) is 11.8 Å². The lowest BCUT2D eigenvalue weighted by Crippen LogP contribution is -2.73. The summed E-state index contributed by atoms with van der Waals surface area (Å²) in [5, 5.41) is 22.6. The molecule has 0 unspecified atom stereocenters. The van der Waals surface area contributed by atoms with Gasteiger partial charge >= 0.3 is 0 Å². The summed E-state index contributed by atoms with van der Waals surface area (Å²) in [5.41, 5.74) is 1.52. The fraction of sp³-hybridized carbons (Fsp3) is 0.727. The number of fused-ring (bicyclic) bond motifs is 1. The van der Waals surface area contributed by atoms with E-state index in [0.717, 1.165) is 37.6 Å². The molecule has 3 aliphatic carbocycles. The molecular weight excluding hydrogens is 326 g/mol. The van der Waals surface area contributed by atoms with Crippen molar-refractivity contribution in [3.05, 3.63) is 29.3 Å². The van der Waals surface area contributed by atoms with Gasteiger partial charge < -0.3 is 14.9 Å². The van der Waals surface area contributed by atoms with E-state index in [1.54, 1.807) is 7.11 Å². The zero-order chi connectivity index (χ0) is 17.9. The van der Waals surface area contributed by atoms with Gasteiger partial charge in [0.25, 0.3) is 0 Å². The molecular formula is C22H31NO3. The number of benzene rings is 1. The second-order valence-electron chi connectivity index (χ2n) is 9.19. The summed E-state index contributed by atoms with van der Waals surface area (Å²) < 4.78 is 5.50. The van der Waals surface area contributed by atoms with E-state index in [-0.39, 0.29) is 17.6 Å². The molecule has 4 nitrogen and oxygen atoms in total. The van der Waals surface area contributed by atoms with Crippen molar-refractivity contribution in [2.75, 3.05) is 20.2 Å². The molecule has 5 rings (SSSR count). The molecule has 26 heavy (non-hydrogen) atoms. The number of rotatable bonds is 3. The summed E-state index contributed by atoms with van der Waals surface area (Å²) in [4.78, 5) is 2.59. The van der Waals surface area contributed by atoms with Gasteiger partial charge in [0.05, 0.1) is 18.8 Å². The lowest BCUT2D eigenvalue weighted by molar-refractivity contribution is -0.184. The molecule has 4 atom stereocenters. The number of hydrogen-bond acceptors (Lipinski definition) is 4. The smallest absolute Gasteiger partial charge is 0.119 e. The SMILES string of the molecule is COc1ccc2c(c1)[C@]13CCN(CC4CCC4)[C@H](C2)[C@]1(O)CC[C@@H](O)C3. The standard InChI is InChI=1S/C22H31NO3/c1-26-18-6-5-16-11-20-22(25)8-7-17(24)13-21(22,19(16)12-18)9-10-23(20)14-15-3-2-4-15/h5-6,12,15,17,20,24-25H,2-4,7-11,13-14H2,1H3/t17-,20-,21-,22-/m1/s1. The predicted octanol–water partition coefficient (Wildman–Crippen LogP) is 2.64. The second-order valence-corrected chi connectivity index (χ2v) is 9.19. The van der Waals surface area contributed by atoms with Gasteiger partial charge in [-0.2, -0.15) is 0 Å². The van der Waals surface area contributed by atoms with Gasteiger partial charge in [-0.05, 0) is 80.7 Å². The average Bonchev–Trinajstić information content (AvgIpc) is 2.60. The largest absolute Gasteiger partial charge is 0.497 e. The van der Waals surface area contributed by atoms with Gasteiger partial charge in [0.2, 0.25) is 0 Å². The van der Waals surface area contributed by atoms with Crippen molar-refractivity contribution >= 4 is 0 Å². The molecule has 1 heterocycles. The van der Waals surface area contributed by atoms with E-state index in [2.05, 4.69) is 17.0 Å². The molecule has 0 aromatic heterocycles. The number of nitrogens with zero attached hydrogens (tertiary/aromatic N) is 1. The van der Waals surface area contributed by atoms with Crippen LogP contribution in [0.15, 0.2) is 18.2 Å². The summed E-state index contributed by atoms with van der Waals surface area (Å²) in [6.45, 7) is 2.17. The topological polar surface area (TPSA) is 52.9 Å². The lowest BCUT2D eigenvalue weighted by Gasteiger charge is -2.64. The van der Waals surface area contributed by atoms with E-state index in [4.69, 9.17) is 4.74 Å². The normalized spacial score (nSPS) is 39.7. The predicted molar refractivity (Wildman–Crippen MR) is 101 cm³/mol. The van der Waals surface area contributed by atoms with E-state index in [1.165, 1.54) is 30.4 Å². The zero-order valence-electron chi connectivity index (χ0n) is 15.8. The van der Waals surface area contributed by atoms with Crippen LogP contribution in [0, 0.1) is 5.92 Å². The van der Waals surface area contributed by atoms with Crippen LogP contribution >= 0.6 is 0 Å². The van der Waals surface area contributed by atoms with Crippen LogP contribution in [0.2, 0.25) is 0 Å². The maximum Gasteiger partial charge on any atom is 0.119 e. The van der Waals surface area contributed by atoms with Crippen molar-refractivity contribution < 1.29 is 14.9 Å². The van der Waals surface area contributed by atoms with Gasteiger partial charge in [0, 0.05) is 18.0 Å². The Bertz CT molecular complexity index is 703. The van der Waals surface area contributed by atoms with Crippen molar-refractivity contribution in [1.29, 1.82) is 0 Å². The molecule has 0 amide bonds. The third kappa shape index (κ3) is 2.25. The van der Waals surface area contributed by atoms with Crippen molar-refractivity contribution in [3.8, 4) is 5.75 Å². The first-order chi connectivity index (χ1) is 12.6. The van der Waals surface area contributed by atoms with Crippen LogP contribution in [0.25, 0.3) is 0 Å². The first kappa shape index (κ1) is 17.0. The molecule has 1 saturated heterocycles. The second kappa shape index (κ2) is 5.95. The van der Waals surface area contributed by atoms with E-state index < -0.39 is 5.60 Å². The van der Waals surface area contributed by atoms with Crippen molar-refractivity contribution in [2.24, 2.45) is 5.92 Å². The Hall–Kier alpha value is -1.10. The van der Waals surface area contributed by atoms with E-state index in [1.807, 2.05) is 6.07 Å². The third-order valence-corrected chi connectivity index (χ3v) is 8.05. The van der Waals surface area contributed by atoms with Crippen LogP contribution < -0.4 is 4.74 Å². The highest BCUT2D eigenvalue weighted by atomic mass is 16.5. The highest BCUT2D eigenvalue weighted by Crippen LogP contribution is 2.58. The van der Waals surface area contributed by atoms with Gasteiger partial charge in [0.1, 0.15) is 5.75 Å². The molecule has 1 aliphatic heterocycles. The molecule has 2 N–H and O–H groups in total. The van der Waals surface area contributed by atoms with Crippen LogP contribution in [0.3, 0.4) is 0 Å². The summed E-state index contributed by atoms with van der Waals surface area (Å²) in [7, 11) is 1.70. The van der Waals surface area contributed by atoms with Crippen molar-refractivity contribution in [3.63, 3.8) is 0 Å². The maximum atomic E-state index is 12.1. The van der Waals surface area contributed by atoms with Crippen LogP contribution in [-0.4, -0.2) is 53.1 Å². The van der Waals surface area contributed by atoms with E-state index in [0.29, 0.717) is 19.3 Å². The van der Waals surface area contributed by atoms with E-state index >= 15 is 0 Å².